The highest BCUT2D eigenvalue weighted by Crippen LogP contribution is 2.26. The van der Waals surface area contributed by atoms with E-state index < -0.39 is 27.9 Å². The Bertz CT molecular complexity index is 785. The van der Waals surface area contributed by atoms with Crippen molar-refractivity contribution in [1.29, 1.82) is 0 Å². The molecule has 0 aliphatic heterocycles. The molecule has 0 unspecified atom stereocenters. The van der Waals surface area contributed by atoms with Crippen molar-refractivity contribution in [2.75, 3.05) is 7.05 Å². The zero-order valence-electron chi connectivity index (χ0n) is 16.0. The molecule has 0 aromatic heterocycles. The van der Waals surface area contributed by atoms with Gasteiger partial charge < -0.3 is 10.4 Å². The van der Waals surface area contributed by atoms with Crippen molar-refractivity contribution < 1.29 is 23.1 Å². The fourth-order valence-corrected chi connectivity index (χ4v) is 4.81. The number of aliphatic carboxylic acids is 1. The Morgan fingerprint density at radius 2 is 1.81 bits per heavy atom. The van der Waals surface area contributed by atoms with Crippen molar-refractivity contribution in [2.24, 2.45) is 5.92 Å². The van der Waals surface area contributed by atoms with Crippen LogP contribution in [-0.2, 0) is 14.8 Å². The second kappa shape index (κ2) is 8.84. The Balaban J connectivity index is 2.22. The number of hydrogen-bond acceptors (Lipinski definition) is 4. The average Bonchev–Trinajstić information content (AvgIpc) is 2.65. The Kier molecular flexibility index (Phi) is 7.00. The molecular weight excluding hydrogens is 368 g/mol. The number of rotatable bonds is 7. The molecule has 8 heteroatoms. The number of nitrogens with zero attached hydrogens (tertiary/aromatic N) is 1. The summed E-state index contributed by atoms with van der Waals surface area (Å²) in [6.45, 7) is 3.39. The Labute approximate surface area is 160 Å². The fourth-order valence-electron chi connectivity index (χ4n) is 3.34. The first-order valence-corrected chi connectivity index (χ1v) is 10.7. The lowest BCUT2D eigenvalue weighted by Gasteiger charge is -2.30. The maximum Gasteiger partial charge on any atom is 0.326 e. The molecule has 0 heterocycles. The summed E-state index contributed by atoms with van der Waals surface area (Å²) in [5.74, 6) is -2.02. The van der Waals surface area contributed by atoms with Gasteiger partial charge in [0, 0.05) is 18.7 Å². The van der Waals surface area contributed by atoms with Crippen LogP contribution in [0.15, 0.2) is 29.2 Å². The molecular formula is C19H28N2O5S. The molecule has 1 aromatic carbocycles. The second-order valence-corrected chi connectivity index (χ2v) is 9.37. The molecule has 1 aliphatic rings. The van der Waals surface area contributed by atoms with Crippen LogP contribution in [0.25, 0.3) is 0 Å². The van der Waals surface area contributed by atoms with E-state index in [9.17, 15) is 23.1 Å². The van der Waals surface area contributed by atoms with E-state index in [-0.39, 0.29) is 22.4 Å². The third-order valence-corrected chi connectivity index (χ3v) is 6.99. The largest absolute Gasteiger partial charge is 0.480 e. The molecule has 1 saturated carbocycles. The van der Waals surface area contributed by atoms with Crippen molar-refractivity contribution in [1.82, 2.24) is 9.62 Å². The van der Waals surface area contributed by atoms with Crippen molar-refractivity contribution in [3.8, 4) is 0 Å². The first-order valence-electron chi connectivity index (χ1n) is 9.26. The molecule has 7 nitrogen and oxygen atoms in total. The highest BCUT2D eigenvalue weighted by molar-refractivity contribution is 7.89. The summed E-state index contributed by atoms with van der Waals surface area (Å²) >= 11 is 0. The maximum absolute atomic E-state index is 12.9. The summed E-state index contributed by atoms with van der Waals surface area (Å²) in [5, 5.41) is 11.7. The standard InChI is InChI=1S/C19H28N2O5S/c1-13(2)17(19(23)24)20-18(22)14-8-7-11-16(12-14)27(25,26)21(3)15-9-5-4-6-10-15/h7-8,11-13,15,17H,4-6,9-10H2,1-3H3,(H,20,22)(H,23,24)/t17-/m0/s1. The molecule has 27 heavy (non-hydrogen) atoms. The summed E-state index contributed by atoms with van der Waals surface area (Å²) in [5.41, 5.74) is 0.125. The number of amides is 1. The van der Waals surface area contributed by atoms with E-state index in [1.165, 1.54) is 28.6 Å². The van der Waals surface area contributed by atoms with Crippen LogP contribution >= 0.6 is 0 Å². The van der Waals surface area contributed by atoms with Gasteiger partial charge in [-0.1, -0.05) is 39.2 Å². The molecule has 2 rings (SSSR count). The van der Waals surface area contributed by atoms with Crippen LogP contribution in [0.1, 0.15) is 56.3 Å². The van der Waals surface area contributed by atoms with Gasteiger partial charge in [0.15, 0.2) is 0 Å². The van der Waals surface area contributed by atoms with Gasteiger partial charge in [0.1, 0.15) is 6.04 Å². The minimum absolute atomic E-state index is 0.0291. The smallest absolute Gasteiger partial charge is 0.326 e. The van der Waals surface area contributed by atoms with Crippen LogP contribution < -0.4 is 5.32 Å². The predicted octanol–water partition coefficient (Wildman–Crippen LogP) is 2.48. The van der Waals surface area contributed by atoms with Gasteiger partial charge in [-0.3, -0.25) is 4.79 Å². The number of carboxylic acids is 1. The third kappa shape index (κ3) is 5.07. The van der Waals surface area contributed by atoms with Crippen LogP contribution in [0.2, 0.25) is 0 Å². The van der Waals surface area contributed by atoms with Crippen molar-refractivity contribution in [3.63, 3.8) is 0 Å². The van der Waals surface area contributed by atoms with Gasteiger partial charge in [-0.05, 0) is 37.0 Å². The van der Waals surface area contributed by atoms with Crippen molar-refractivity contribution in [2.45, 2.75) is 62.9 Å². The monoisotopic (exact) mass is 396 g/mol. The number of carbonyl (C=O) groups is 2. The van der Waals surface area contributed by atoms with E-state index in [0.717, 1.165) is 32.1 Å². The normalized spacial score (nSPS) is 17.1. The molecule has 0 radical (unpaired) electrons. The molecule has 0 spiro atoms. The molecule has 1 amide bonds. The van der Waals surface area contributed by atoms with Crippen molar-refractivity contribution in [3.05, 3.63) is 29.8 Å². The number of sulfonamides is 1. The summed E-state index contributed by atoms with van der Waals surface area (Å²) in [6.07, 6.45) is 4.83. The first kappa shape index (κ1) is 21.4. The van der Waals surface area contributed by atoms with Crippen LogP contribution in [0.3, 0.4) is 0 Å². The van der Waals surface area contributed by atoms with Gasteiger partial charge >= 0.3 is 5.97 Å². The molecule has 1 aliphatic carbocycles. The van der Waals surface area contributed by atoms with Crippen LogP contribution in [-0.4, -0.2) is 48.8 Å². The molecule has 150 valence electrons. The fraction of sp³-hybridized carbons (Fsp3) is 0.579. The van der Waals surface area contributed by atoms with Crippen LogP contribution in [0.4, 0.5) is 0 Å². The summed E-state index contributed by atoms with van der Waals surface area (Å²) in [7, 11) is -2.14. The topological polar surface area (TPSA) is 104 Å². The molecule has 2 N–H and O–H groups in total. The molecule has 0 bridgehead atoms. The Morgan fingerprint density at radius 1 is 1.19 bits per heavy atom. The van der Waals surface area contributed by atoms with E-state index >= 15 is 0 Å². The molecule has 1 atom stereocenters. The minimum atomic E-state index is -3.72. The van der Waals surface area contributed by atoms with E-state index in [0.29, 0.717) is 0 Å². The molecule has 1 fully saturated rings. The van der Waals surface area contributed by atoms with Crippen LogP contribution in [0.5, 0.6) is 0 Å². The Hall–Kier alpha value is -1.93. The van der Waals surface area contributed by atoms with Crippen molar-refractivity contribution >= 4 is 21.9 Å². The van der Waals surface area contributed by atoms with Gasteiger partial charge in [-0.2, -0.15) is 4.31 Å². The molecule has 0 saturated heterocycles. The van der Waals surface area contributed by atoms with Gasteiger partial charge in [0.2, 0.25) is 10.0 Å². The van der Waals surface area contributed by atoms with Gasteiger partial charge in [0.05, 0.1) is 4.90 Å². The third-order valence-electron chi connectivity index (χ3n) is 5.08. The number of carboxylic acid groups (broad SMARTS) is 1. The van der Waals surface area contributed by atoms with E-state index in [1.54, 1.807) is 20.9 Å². The summed E-state index contributed by atoms with van der Waals surface area (Å²) in [4.78, 5) is 23.8. The lowest BCUT2D eigenvalue weighted by Crippen LogP contribution is -2.44. The zero-order chi connectivity index (χ0) is 20.2. The number of hydrogen-bond donors (Lipinski definition) is 2. The first-order chi connectivity index (χ1) is 12.6. The van der Waals surface area contributed by atoms with E-state index in [2.05, 4.69) is 5.32 Å². The SMILES string of the molecule is CC(C)[C@H](NC(=O)c1cccc(S(=O)(=O)N(C)C2CCCCC2)c1)C(=O)O. The Morgan fingerprint density at radius 3 is 2.37 bits per heavy atom. The molecule has 1 aromatic rings. The highest BCUT2D eigenvalue weighted by atomic mass is 32.2. The zero-order valence-corrected chi connectivity index (χ0v) is 16.8. The van der Waals surface area contributed by atoms with Gasteiger partial charge in [0.25, 0.3) is 5.91 Å². The number of benzene rings is 1. The highest BCUT2D eigenvalue weighted by Gasteiger charge is 2.30. The van der Waals surface area contributed by atoms with Gasteiger partial charge in [-0.25, -0.2) is 13.2 Å². The summed E-state index contributed by atoms with van der Waals surface area (Å²) in [6, 6.07) is 4.68. The minimum Gasteiger partial charge on any atom is -0.480 e. The quantitative estimate of drug-likeness (QED) is 0.737. The average molecular weight is 397 g/mol. The lowest BCUT2D eigenvalue weighted by atomic mass is 9.96. The lowest BCUT2D eigenvalue weighted by molar-refractivity contribution is -0.140. The van der Waals surface area contributed by atoms with Crippen LogP contribution in [0, 0.1) is 5.92 Å². The van der Waals surface area contributed by atoms with Gasteiger partial charge in [-0.15, -0.1) is 0 Å². The predicted molar refractivity (Wildman–Crippen MR) is 102 cm³/mol. The number of carbonyl (C=O) groups excluding carboxylic acids is 1. The van der Waals surface area contributed by atoms with E-state index in [4.69, 9.17) is 0 Å². The maximum atomic E-state index is 12.9. The second-order valence-electron chi connectivity index (χ2n) is 7.37. The summed E-state index contributed by atoms with van der Waals surface area (Å²) < 4.78 is 27.3. The number of nitrogens with one attached hydrogen (secondary N) is 1. The van der Waals surface area contributed by atoms with E-state index in [1.807, 2.05) is 0 Å².